The first-order valence-corrected chi connectivity index (χ1v) is 11.1. The number of amidine groups is 1. The number of carbonyl (C=O) groups is 1. The van der Waals surface area contributed by atoms with Gasteiger partial charge in [-0.3, -0.25) is 4.79 Å². The van der Waals surface area contributed by atoms with Gasteiger partial charge in [-0.2, -0.15) is 13.5 Å². The van der Waals surface area contributed by atoms with E-state index in [0.29, 0.717) is 10.7 Å². The monoisotopic (exact) mass is 481 g/mol. The summed E-state index contributed by atoms with van der Waals surface area (Å²) in [5, 5.41) is 11.0. The molecule has 0 saturated carbocycles. The lowest BCUT2D eigenvalue weighted by molar-refractivity contribution is -0.120. The van der Waals surface area contributed by atoms with Gasteiger partial charge in [0.25, 0.3) is 0 Å². The predicted molar refractivity (Wildman–Crippen MR) is 113 cm³/mol. The van der Waals surface area contributed by atoms with E-state index in [1.165, 1.54) is 42.2 Å². The lowest BCUT2D eigenvalue weighted by Gasteiger charge is -2.08. The van der Waals surface area contributed by atoms with E-state index >= 15 is 0 Å². The van der Waals surface area contributed by atoms with Crippen LogP contribution in [0.3, 0.4) is 0 Å². The molecule has 2 aromatic rings. The smallest absolute Gasteiger partial charge is 0.339 e. The summed E-state index contributed by atoms with van der Waals surface area (Å²) in [4.78, 5) is 11.8. The minimum atomic E-state index is -3.94. The highest BCUT2D eigenvalue weighted by Gasteiger charge is 2.38. The molecule has 1 fully saturated rings. The van der Waals surface area contributed by atoms with E-state index < -0.39 is 14.9 Å². The lowest BCUT2D eigenvalue weighted by Crippen LogP contribution is -2.30. The minimum Gasteiger partial charge on any atom is -0.379 e. The van der Waals surface area contributed by atoms with Crippen molar-refractivity contribution in [3.8, 4) is 5.75 Å². The highest BCUT2D eigenvalue weighted by Crippen LogP contribution is 2.30. The van der Waals surface area contributed by atoms with Gasteiger partial charge in [0.2, 0.25) is 5.91 Å². The fraction of sp³-hybridized carbons (Fsp3) is 0.167. The maximum atomic E-state index is 12.4. The van der Waals surface area contributed by atoms with Crippen LogP contribution in [0.4, 0.5) is 0 Å². The number of halogens is 1. The number of hydrogen-bond donors (Lipinski definition) is 1. The number of nitrogens with one attached hydrogen (secondary N) is 1. The first-order valence-electron chi connectivity index (χ1n) is 8.07. The van der Waals surface area contributed by atoms with Crippen molar-refractivity contribution in [2.45, 2.75) is 23.5 Å². The quantitative estimate of drug-likeness (QED) is 0.400. The Morgan fingerprint density at radius 1 is 1.18 bits per heavy atom. The highest BCUT2D eigenvalue weighted by atomic mass is 79.9. The maximum absolute atomic E-state index is 12.4. The normalized spacial score (nSPS) is 17.8. The number of benzene rings is 2. The molecule has 1 heterocycles. The average molecular weight is 482 g/mol. The second-order valence-electron chi connectivity index (χ2n) is 6.28. The van der Waals surface area contributed by atoms with Crippen LogP contribution in [-0.4, -0.2) is 30.5 Å². The molecule has 0 aliphatic carbocycles. The zero-order chi connectivity index (χ0) is 20.4. The average Bonchev–Trinajstić information content (AvgIpc) is 2.87. The zero-order valence-electron chi connectivity index (χ0n) is 14.9. The number of amides is 1. The van der Waals surface area contributed by atoms with Gasteiger partial charge in [0.05, 0.1) is 11.0 Å². The van der Waals surface area contributed by atoms with Crippen molar-refractivity contribution in [2.24, 2.45) is 10.2 Å². The second kappa shape index (κ2) is 8.06. The van der Waals surface area contributed by atoms with Crippen LogP contribution in [0.15, 0.2) is 68.1 Å². The molecule has 3 rings (SSSR count). The summed E-state index contributed by atoms with van der Waals surface area (Å²) in [7, 11) is -3.94. The standard InChI is InChI=1S/C18H16BrN3O4S2/c1-18(2)16(23)21-17(27-18)22-20-11-12-4-3-5-14(10-12)26-28(24,25)15-8-6-13(19)7-9-15/h3-11H,1-2H3,(H,21,22,23)/b20-11+. The van der Waals surface area contributed by atoms with Crippen molar-refractivity contribution in [2.75, 3.05) is 0 Å². The number of hydrogen-bond acceptors (Lipinski definition) is 7. The molecule has 1 N–H and O–H groups in total. The molecule has 1 aliphatic rings. The lowest BCUT2D eigenvalue weighted by atomic mass is 10.2. The van der Waals surface area contributed by atoms with Crippen LogP contribution in [0.2, 0.25) is 0 Å². The van der Waals surface area contributed by atoms with Crippen molar-refractivity contribution in [3.05, 3.63) is 58.6 Å². The number of carbonyl (C=O) groups excluding carboxylic acids is 1. The summed E-state index contributed by atoms with van der Waals surface area (Å²) >= 11 is 4.55. The topological polar surface area (TPSA) is 97.2 Å². The molecule has 0 atom stereocenters. The van der Waals surface area contributed by atoms with Gasteiger partial charge in [-0.15, -0.1) is 5.10 Å². The number of rotatable bonds is 5. The van der Waals surface area contributed by atoms with Gasteiger partial charge in [-0.1, -0.05) is 39.8 Å². The van der Waals surface area contributed by atoms with Crippen molar-refractivity contribution >= 4 is 55.1 Å². The third-order valence-electron chi connectivity index (χ3n) is 3.64. The summed E-state index contributed by atoms with van der Waals surface area (Å²) in [5.41, 5.74) is 0.599. The van der Waals surface area contributed by atoms with Gasteiger partial charge in [-0.25, -0.2) is 0 Å². The summed E-state index contributed by atoms with van der Waals surface area (Å²) in [6.45, 7) is 3.60. The number of thioether (sulfide) groups is 1. The molecule has 0 spiro atoms. The molecule has 1 amide bonds. The molecular weight excluding hydrogens is 466 g/mol. The van der Waals surface area contributed by atoms with E-state index in [2.05, 4.69) is 31.4 Å². The molecule has 0 aromatic heterocycles. The Balaban J connectivity index is 1.72. The van der Waals surface area contributed by atoms with Crippen LogP contribution < -0.4 is 9.50 Å². The van der Waals surface area contributed by atoms with Gasteiger partial charge in [0, 0.05) is 4.47 Å². The Hall–Kier alpha value is -2.17. The maximum Gasteiger partial charge on any atom is 0.339 e. The van der Waals surface area contributed by atoms with E-state index in [-0.39, 0.29) is 16.6 Å². The van der Waals surface area contributed by atoms with Crippen molar-refractivity contribution in [3.63, 3.8) is 0 Å². The number of nitrogens with zero attached hydrogens (tertiary/aromatic N) is 2. The molecule has 10 heteroatoms. The first kappa shape index (κ1) is 20.6. The third-order valence-corrected chi connectivity index (χ3v) is 6.50. The van der Waals surface area contributed by atoms with Gasteiger partial charge < -0.3 is 9.50 Å². The molecule has 146 valence electrons. The minimum absolute atomic E-state index is 0.0535. The Morgan fingerprint density at radius 2 is 1.89 bits per heavy atom. The Morgan fingerprint density at radius 3 is 2.54 bits per heavy atom. The fourth-order valence-electron chi connectivity index (χ4n) is 2.18. The van der Waals surface area contributed by atoms with E-state index in [1.807, 2.05) is 0 Å². The van der Waals surface area contributed by atoms with E-state index in [4.69, 9.17) is 4.18 Å². The Bertz CT molecular complexity index is 1060. The van der Waals surface area contributed by atoms with E-state index in [0.717, 1.165) is 4.47 Å². The largest absolute Gasteiger partial charge is 0.379 e. The zero-order valence-corrected chi connectivity index (χ0v) is 18.1. The fourth-order valence-corrected chi connectivity index (χ4v) is 4.22. The predicted octanol–water partition coefficient (Wildman–Crippen LogP) is 3.55. The first-order chi connectivity index (χ1) is 13.2. The summed E-state index contributed by atoms with van der Waals surface area (Å²) in [6.07, 6.45) is 1.45. The van der Waals surface area contributed by atoms with Crippen LogP contribution in [0.1, 0.15) is 19.4 Å². The second-order valence-corrected chi connectivity index (χ2v) is 10.4. The third kappa shape index (κ3) is 5.00. The SMILES string of the molecule is CC1(C)S/C(=N\N=C\c2cccc(OS(=O)(=O)c3ccc(Br)cc3)c2)NC1=O. The van der Waals surface area contributed by atoms with Crippen molar-refractivity contribution in [1.29, 1.82) is 0 Å². The van der Waals surface area contributed by atoms with E-state index in [9.17, 15) is 13.2 Å². The Kier molecular flexibility index (Phi) is 5.92. The summed E-state index contributed by atoms with van der Waals surface area (Å²) < 4.78 is 30.1. The van der Waals surface area contributed by atoms with Crippen molar-refractivity contribution in [1.82, 2.24) is 5.32 Å². The van der Waals surface area contributed by atoms with Gasteiger partial charge in [0.15, 0.2) is 5.17 Å². The van der Waals surface area contributed by atoms with Gasteiger partial charge >= 0.3 is 10.1 Å². The van der Waals surface area contributed by atoms with E-state index in [1.54, 1.807) is 38.1 Å². The van der Waals surface area contributed by atoms with Crippen LogP contribution in [0.25, 0.3) is 0 Å². The molecule has 0 bridgehead atoms. The molecule has 2 aromatic carbocycles. The van der Waals surface area contributed by atoms with Crippen LogP contribution in [0, 0.1) is 0 Å². The molecule has 1 aliphatic heterocycles. The highest BCUT2D eigenvalue weighted by molar-refractivity contribution is 9.10. The molecule has 0 radical (unpaired) electrons. The molecule has 28 heavy (non-hydrogen) atoms. The van der Waals surface area contributed by atoms with Crippen molar-refractivity contribution < 1.29 is 17.4 Å². The molecule has 0 unspecified atom stereocenters. The summed E-state index contributed by atoms with van der Waals surface area (Å²) in [5.74, 6) is 0.0317. The van der Waals surface area contributed by atoms with Crippen LogP contribution in [-0.2, 0) is 14.9 Å². The Labute approximate surface area is 175 Å². The molecular formula is C18H16BrN3O4S2. The molecule has 1 saturated heterocycles. The summed E-state index contributed by atoms with van der Waals surface area (Å²) in [6, 6.07) is 12.6. The van der Waals surface area contributed by atoms with Crippen LogP contribution in [0.5, 0.6) is 5.75 Å². The van der Waals surface area contributed by atoms with Gasteiger partial charge in [-0.05, 0) is 55.8 Å². The van der Waals surface area contributed by atoms with Gasteiger partial charge in [0.1, 0.15) is 10.6 Å². The molecule has 7 nitrogen and oxygen atoms in total. The van der Waals surface area contributed by atoms with Crippen LogP contribution >= 0.6 is 27.7 Å².